The number of hydrogen-bond donors (Lipinski definition) is 4. The molecule has 1 aromatic heterocycles. The lowest BCUT2D eigenvalue weighted by atomic mass is 9.98. The number of ether oxygens (including phenoxy) is 5. The third-order valence-electron chi connectivity index (χ3n) is 4.52. The Labute approximate surface area is 192 Å². The molecule has 0 aromatic carbocycles. The van der Waals surface area contributed by atoms with Crippen molar-refractivity contribution in [1.82, 2.24) is 9.97 Å². The van der Waals surface area contributed by atoms with Crippen LogP contribution in [0.5, 0.6) is 0 Å². The molecular formula is C19H28F3N3O9. The third kappa shape index (κ3) is 10.0. The molecule has 0 spiro atoms. The van der Waals surface area contributed by atoms with Gasteiger partial charge in [-0.2, -0.15) is 13.2 Å². The molecule has 2 heterocycles. The molecule has 12 nitrogen and oxygen atoms in total. The number of hydrogen-bond acceptors (Lipinski definition) is 11. The molecule has 0 saturated carbocycles. The maximum absolute atomic E-state index is 12.8. The molecule has 0 radical (unpaired) electrons. The molecule has 194 valence electrons. The molecule has 4 atom stereocenters. The van der Waals surface area contributed by atoms with E-state index >= 15 is 0 Å². The average molecular weight is 499 g/mol. The van der Waals surface area contributed by atoms with Crippen molar-refractivity contribution < 1.29 is 57.0 Å². The second-order valence-electron chi connectivity index (χ2n) is 7.11. The van der Waals surface area contributed by atoms with Crippen LogP contribution in [0, 0.1) is 0 Å². The van der Waals surface area contributed by atoms with Gasteiger partial charge in [0.05, 0.1) is 58.9 Å². The van der Waals surface area contributed by atoms with Gasteiger partial charge in [0.15, 0.2) is 0 Å². The Morgan fingerprint density at radius 2 is 1.68 bits per heavy atom. The zero-order valence-electron chi connectivity index (χ0n) is 18.1. The van der Waals surface area contributed by atoms with Gasteiger partial charge in [0.25, 0.3) is 0 Å². The molecule has 0 amide bonds. The number of rotatable bonds is 15. The number of nitrogens with one attached hydrogen (secondary N) is 1. The van der Waals surface area contributed by atoms with Crippen molar-refractivity contribution in [2.24, 2.45) is 0 Å². The molecule has 1 saturated heterocycles. The predicted octanol–water partition coefficient (Wildman–Crippen LogP) is -0.452. The minimum absolute atomic E-state index is 0.0359. The Kier molecular flexibility index (Phi) is 11.8. The molecule has 34 heavy (non-hydrogen) atoms. The summed E-state index contributed by atoms with van der Waals surface area (Å²) in [5.74, 6) is -1.40. The van der Waals surface area contributed by atoms with Crippen LogP contribution >= 0.6 is 0 Å². The van der Waals surface area contributed by atoms with Crippen LogP contribution in [0.2, 0.25) is 0 Å². The van der Waals surface area contributed by atoms with Gasteiger partial charge in [-0.05, 0) is 6.07 Å². The standard InChI is InChI=1S/C19H28F3N3O9/c20-19(21,22)14-1-2-23-18(25-14)24-12-9-34-13(17(29)16(12)28)10-32-7-5-30-3-4-31-6-8-33-11-15(26)27/h1-2,12-13,16-17,28-29H,3-11H2,(H,26,27)(H,23,24,25)/t12-,13+,16+,17-/m0/s1. The molecule has 0 aliphatic carbocycles. The number of aliphatic carboxylic acids is 1. The number of aliphatic hydroxyl groups is 2. The molecule has 0 bridgehead atoms. The van der Waals surface area contributed by atoms with E-state index in [-0.39, 0.29) is 65.4 Å². The highest BCUT2D eigenvalue weighted by molar-refractivity contribution is 5.67. The molecule has 1 fully saturated rings. The lowest BCUT2D eigenvalue weighted by Crippen LogP contribution is -2.57. The first-order valence-corrected chi connectivity index (χ1v) is 10.4. The highest BCUT2D eigenvalue weighted by atomic mass is 19.4. The lowest BCUT2D eigenvalue weighted by molar-refractivity contribution is -0.161. The van der Waals surface area contributed by atoms with Gasteiger partial charge in [0, 0.05) is 6.20 Å². The number of carboxylic acid groups (broad SMARTS) is 1. The van der Waals surface area contributed by atoms with Crippen molar-refractivity contribution in [2.75, 3.05) is 64.8 Å². The fourth-order valence-electron chi connectivity index (χ4n) is 2.82. The van der Waals surface area contributed by atoms with Crippen molar-refractivity contribution >= 4 is 11.9 Å². The summed E-state index contributed by atoms with van der Waals surface area (Å²) in [5.41, 5.74) is -1.14. The Balaban J connectivity index is 1.58. The van der Waals surface area contributed by atoms with Gasteiger partial charge in [-0.1, -0.05) is 0 Å². The van der Waals surface area contributed by atoms with Crippen LogP contribution in [-0.2, 0) is 34.7 Å². The van der Waals surface area contributed by atoms with Crippen molar-refractivity contribution in [3.05, 3.63) is 18.0 Å². The number of carbonyl (C=O) groups is 1. The summed E-state index contributed by atoms with van der Waals surface area (Å²) >= 11 is 0. The molecular weight excluding hydrogens is 471 g/mol. The van der Waals surface area contributed by atoms with E-state index in [4.69, 9.17) is 28.8 Å². The molecule has 1 aliphatic rings. The molecule has 1 aromatic rings. The Hall–Kier alpha value is -2.14. The van der Waals surface area contributed by atoms with Crippen LogP contribution in [0.1, 0.15) is 5.69 Å². The fraction of sp³-hybridized carbons (Fsp3) is 0.737. The minimum Gasteiger partial charge on any atom is -0.480 e. The van der Waals surface area contributed by atoms with Gasteiger partial charge < -0.3 is 44.3 Å². The fourth-order valence-corrected chi connectivity index (χ4v) is 2.82. The number of carboxylic acids is 1. The number of aromatic nitrogens is 2. The molecule has 2 rings (SSSR count). The number of anilines is 1. The quantitative estimate of drug-likeness (QED) is 0.230. The van der Waals surface area contributed by atoms with Crippen molar-refractivity contribution in [3.63, 3.8) is 0 Å². The highest BCUT2D eigenvalue weighted by Gasteiger charge is 2.39. The first kappa shape index (κ1) is 28.1. The highest BCUT2D eigenvalue weighted by Crippen LogP contribution is 2.28. The number of halogens is 3. The minimum atomic E-state index is -4.64. The van der Waals surface area contributed by atoms with Crippen molar-refractivity contribution in [2.45, 2.75) is 30.5 Å². The SMILES string of the molecule is O=C(O)COCCOCCOCCOC[C@H]1OC[C@H](Nc2nccc(C(F)(F)F)n2)[C@@H](O)[C@H]1O. The van der Waals surface area contributed by atoms with E-state index in [2.05, 4.69) is 15.3 Å². The average Bonchev–Trinajstić information content (AvgIpc) is 2.78. The summed E-state index contributed by atoms with van der Waals surface area (Å²) in [6.07, 6.45) is -7.25. The smallest absolute Gasteiger partial charge is 0.433 e. The van der Waals surface area contributed by atoms with Gasteiger partial charge in [0.2, 0.25) is 5.95 Å². The Morgan fingerprint density at radius 3 is 2.29 bits per heavy atom. The summed E-state index contributed by atoms with van der Waals surface area (Å²) in [6.45, 7) is 0.865. The van der Waals surface area contributed by atoms with Gasteiger partial charge in [0.1, 0.15) is 30.6 Å². The molecule has 1 aliphatic heterocycles. The summed E-state index contributed by atoms with van der Waals surface area (Å²) < 4.78 is 64.4. The maximum atomic E-state index is 12.8. The van der Waals surface area contributed by atoms with Crippen molar-refractivity contribution in [1.29, 1.82) is 0 Å². The van der Waals surface area contributed by atoms with Gasteiger partial charge in [-0.3, -0.25) is 0 Å². The topological polar surface area (TPSA) is 162 Å². The first-order chi connectivity index (χ1) is 16.2. The van der Waals surface area contributed by atoms with E-state index < -0.39 is 42.2 Å². The maximum Gasteiger partial charge on any atom is 0.433 e. The summed E-state index contributed by atoms with van der Waals surface area (Å²) in [5, 5.41) is 31.5. The second kappa shape index (κ2) is 14.3. The zero-order chi connectivity index (χ0) is 25.0. The Morgan fingerprint density at radius 1 is 1.06 bits per heavy atom. The largest absolute Gasteiger partial charge is 0.480 e. The van der Waals surface area contributed by atoms with E-state index in [9.17, 15) is 28.2 Å². The Bertz CT molecular complexity index is 744. The van der Waals surface area contributed by atoms with Gasteiger partial charge >= 0.3 is 12.1 Å². The van der Waals surface area contributed by atoms with Crippen LogP contribution in [0.4, 0.5) is 19.1 Å². The van der Waals surface area contributed by atoms with E-state index in [1.807, 2.05) is 0 Å². The molecule has 4 N–H and O–H groups in total. The van der Waals surface area contributed by atoms with Crippen LogP contribution in [0.15, 0.2) is 12.3 Å². The van der Waals surface area contributed by atoms with E-state index in [1.54, 1.807) is 0 Å². The van der Waals surface area contributed by atoms with Crippen LogP contribution in [0.25, 0.3) is 0 Å². The number of aliphatic hydroxyl groups excluding tert-OH is 2. The van der Waals surface area contributed by atoms with Crippen LogP contribution in [-0.4, -0.2) is 115 Å². The zero-order valence-corrected chi connectivity index (χ0v) is 18.1. The van der Waals surface area contributed by atoms with Crippen LogP contribution in [0.3, 0.4) is 0 Å². The lowest BCUT2D eigenvalue weighted by Gasteiger charge is -2.37. The van der Waals surface area contributed by atoms with Gasteiger partial charge in [-0.15, -0.1) is 0 Å². The normalized spacial score (nSPS) is 23.1. The second-order valence-corrected chi connectivity index (χ2v) is 7.11. The number of nitrogens with zero attached hydrogens (tertiary/aromatic N) is 2. The van der Waals surface area contributed by atoms with E-state index in [1.165, 1.54) is 0 Å². The van der Waals surface area contributed by atoms with Crippen LogP contribution < -0.4 is 5.32 Å². The summed E-state index contributed by atoms with van der Waals surface area (Å²) in [7, 11) is 0. The predicted molar refractivity (Wildman–Crippen MR) is 107 cm³/mol. The molecule has 0 unspecified atom stereocenters. The summed E-state index contributed by atoms with van der Waals surface area (Å²) in [6, 6.07) is -0.203. The summed E-state index contributed by atoms with van der Waals surface area (Å²) in [4.78, 5) is 17.3. The number of alkyl halides is 3. The third-order valence-corrected chi connectivity index (χ3v) is 4.52. The van der Waals surface area contributed by atoms with Gasteiger partial charge in [-0.25, -0.2) is 14.8 Å². The first-order valence-electron chi connectivity index (χ1n) is 10.4. The van der Waals surface area contributed by atoms with E-state index in [0.29, 0.717) is 0 Å². The molecule has 15 heteroatoms. The monoisotopic (exact) mass is 499 g/mol. The van der Waals surface area contributed by atoms with E-state index in [0.717, 1.165) is 12.3 Å². The van der Waals surface area contributed by atoms with Crippen molar-refractivity contribution in [3.8, 4) is 0 Å².